The second-order valence-electron chi connectivity index (χ2n) is 4.90. The zero-order chi connectivity index (χ0) is 12.0. The first-order valence-electron chi connectivity index (χ1n) is 6.52. The molecule has 0 aliphatic heterocycles. The molecule has 0 spiro atoms. The van der Waals surface area contributed by atoms with Gasteiger partial charge in [0.1, 0.15) is 4.75 Å². The number of carbonyl (C=O) groups is 1. The van der Waals surface area contributed by atoms with E-state index in [1.165, 1.54) is 19.3 Å². The average Bonchev–Trinajstić information content (AvgIpc) is 2.21. The summed E-state index contributed by atoms with van der Waals surface area (Å²) in [4.78, 5) is 11.6. The average molecular weight is 244 g/mol. The summed E-state index contributed by atoms with van der Waals surface area (Å²) in [7, 11) is 0. The number of rotatable bonds is 4. The van der Waals surface area contributed by atoms with Gasteiger partial charge in [0.15, 0.2) is 0 Å². The standard InChI is InChI=1S/C13H24O2S/c1-3-11(2)16-13(12(14)15)9-7-5-4-6-8-10-13/h11H,3-10H2,1-2H3,(H,14,15). The van der Waals surface area contributed by atoms with Crippen LogP contribution >= 0.6 is 11.8 Å². The summed E-state index contributed by atoms with van der Waals surface area (Å²) in [6.45, 7) is 4.28. The molecular weight excluding hydrogens is 220 g/mol. The van der Waals surface area contributed by atoms with E-state index in [-0.39, 0.29) is 0 Å². The van der Waals surface area contributed by atoms with Gasteiger partial charge in [-0.1, -0.05) is 46.0 Å². The molecule has 1 atom stereocenters. The maximum atomic E-state index is 11.6. The topological polar surface area (TPSA) is 37.3 Å². The van der Waals surface area contributed by atoms with Gasteiger partial charge in [-0.25, -0.2) is 0 Å². The Kier molecular flexibility index (Phi) is 5.67. The lowest BCUT2D eigenvalue weighted by Gasteiger charge is -2.32. The first kappa shape index (κ1) is 13.9. The highest BCUT2D eigenvalue weighted by Gasteiger charge is 2.39. The van der Waals surface area contributed by atoms with Gasteiger partial charge in [0.05, 0.1) is 0 Å². The molecule has 3 heteroatoms. The van der Waals surface area contributed by atoms with E-state index >= 15 is 0 Å². The fraction of sp³-hybridized carbons (Fsp3) is 0.923. The molecule has 1 aliphatic carbocycles. The van der Waals surface area contributed by atoms with Gasteiger partial charge in [-0.15, -0.1) is 11.8 Å². The van der Waals surface area contributed by atoms with Gasteiger partial charge in [0.2, 0.25) is 0 Å². The second kappa shape index (κ2) is 6.53. The SMILES string of the molecule is CCC(C)SC1(C(=O)O)CCCCCCC1. The molecular formula is C13H24O2S. The predicted molar refractivity (Wildman–Crippen MR) is 70.0 cm³/mol. The zero-order valence-corrected chi connectivity index (χ0v) is 11.3. The monoisotopic (exact) mass is 244 g/mol. The molecule has 1 unspecified atom stereocenters. The van der Waals surface area contributed by atoms with Crippen molar-refractivity contribution in [2.45, 2.75) is 75.2 Å². The van der Waals surface area contributed by atoms with Gasteiger partial charge in [-0.05, 0) is 19.3 Å². The third-order valence-electron chi connectivity index (χ3n) is 3.55. The first-order valence-corrected chi connectivity index (χ1v) is 7.40. The largest absolute Gasteiger partial charge is 0.480 e. The smallest absolute Gasteiger partial charge is 0.319 e. The van der Waals surface area contributed by atoms with E-state index in [9.17, 15) is 9.90 Å². The van der Waals surface area contributed by atoms with Gasteiger partial charge in [0, 0.05) is 5.25 Å². The molecule has 0 amide bonds. The quantitative estimate of drug-likeness (QED) is 0.809. The van der Waals surface area contributed by atoms with Crippen LogP contribution < -0.4 is 0 Å². The van der Waals surface area contributed by atoms with Crippen molar-refractivity contribution in [2.75, 3.05) is 0 Å². The van der Waals surface area contributed by atoms with Crippen molar-refractivity contribution in [2.24, 2.45) is 0 Å². The maximum Gasteiger partial charge on any atom is 0.319 e. The fourth-order valence-electron chi connectivity index (χ4n) is 2.33. The number of carboxylic acid groups (broad SMARTS) is 1. The van der Waals surface area contributed by atoms with Crippen molar-refractivity contribution < 1.29 is 9.90 Å². The highest BCUT2D eigenvalue weighted by atomic mass is 32.2. The summed E-state index contributed by atoms with van der Waals surface area (Å²) in [5.74, 6) is -0.584. The molecule has 0 aromatic heterocycles. The Hall–Kier alpha value is -0.180. The molecule has 94 valence electrons. The van der Waals surface area contributed by atoms with E-state index in [0.717, 1.165) is 32.1 Å². The van der Waals surface area contributed by atoms with Crippen molar-refractivity contribution in [3.63, 3.8) is 0 Å². The van der Waals surface area contributed by atoms with Crippen molar-refractivity contribution in [3.05, 3.63) is 0 Å². The number of thioether (sulfide) groups is 1. The summed E-state index contributed by atoms with van der Waals surface area (Å²) in [5, 5.41) is 9.98. The third kappa shape index (κ3) is 3.69. The molecule has 1 saturated carbocycles. The molecule has 1 aliphatic rings. The lowest BCUT2D eigenvalue weighted by Crippen LogP contribution is -2.37. The predicted octanol–water partition coefficient (Wildman–Crippen LogP) is 4.09. The van der Waals surface area contributed by atoms with Crippen molar-refractivity contribution in [1.29, 1.82) is 0 Å². The Balaban J connectivity index is 2.71. The van der Waals surface area contributed by atoms with E-state index < -0.39 is 10.7 Å². The summed E-state index contributed by atoms with van der Waals surface area (Å²) < 4.78 is -0.490. The van der Waals surface area contributed by atoms with Crippen LogP contribution in [0.25, 0.3) is 0 Å². The van der Waals surface area contributed by atoms with Crippen LogP contribution in [-0.2, 0) is 4.79 Å². The molecule has 2 nitrogen and oxygen atoms in total. The fourth-order valence-corrected chi connectivity index (χ4v) is 3.89. The molecule has 1 N–H and O–H groups in total. The molecule has 16 heavy (non-hydrogen) atoms. The van der Waals surface area contributed by atoms with Crippen LogP contribution in [0.4, 0.5) is 0 Å². The Morgan fingerprint density at radius 1 is 1.25 bits per heavy atom. The molecule has 0 bridgehead atoms. The lowest BCUT2D eigenvalue weighted by molar-refractivity contribution is -0.140. The molecule has 0 saturated heterocycles. The summed E-state index contributed by atoms with van der Waals surface area (Å²) in [6.07, 6.45) is 8.62. The number of hydrogen-bond donors (Lipinski definition) is 1. The molecule has 0 radical (unpaired) electrons. The van der Waals surface area contributed by atoms with Crippen LogP contribution in [0.1, 0.15) is 65.2 Å². The van der Waals surface area contributed by atoms with Crippen LogP contribution in [0, 0.1) is 0 Å². The Labute approximate surface area is 103 Å². The van der Waals surface area contributed by atoms with Crippen LogP contribution in [0.5, 0.6) is 0 Å². The minimum absolute atomic E-state index is 0.454. The minimum atomic E-state index is -0.584. The van der Waals surface area contributed by atoms with Crippen molar-refractivity contribution in [1.82, 2.24) is 0 Å². The number of carboxylic acids is 1. The van der Waals surface area contributed by atoms with E-state index in [4.69, 9.17) is 0 Å². The molecule has 1 fully saturated rings. The Bertz CT molecular complexity index is 220. The van der Waals surface area contributed by atoms with Crippen LogP contribution in [-0.4, -0.2) is 21.1 Å². The zero-order valence-electron chi connectivity index (χ0n) is 10.5. The van der Waals surface area contributed by atoms with Gasteiger partial charge >= 0.3 is 5.97 Å². The lowest BCUT2D eigenvalue weighted by atomic mass is 9.90. The normalized spacial score (nSPS) is 23.1. The summed E-state index contributed by atoms with van der Waals surface area (Å²) in [6, 6.07) is 0. The van der Waals surface area contributed by atoms with Gasteiger partial charge in [-0.2, -0.15) is 0 Å². The van der Waals surface area contributed by atoms with Gasteiger partial charge < -0.3 is 5.11 Å². The van der Waals surface area contributed by atoms with Crippen molar-refractivity contribution >= 4 is 17.7 Å². The van der Waals surface area contributed by atoms with Gasteiger partial charge in [-0.3, -0.25) is 4.79 Å². The first-order chi connectivity index (χ1) is 7.60. The highest BCUT2D eigenvalue weighted by molar-refractivity contribution is 8.01. The minimum Gasteiger partial charge on any atom is -0.480 e. The van der Waals surface area contributed by atoms with Crippen molar-refractivity contribution in [3.8, 4) is 0 Å². The highest BCUT2D eigenvalue weighted by Crippen LogP contribution is 2.41. The second-order valence-corrected chi connectivity index (χ2v) is 6.73. The van der Waals surface area contributed by atoms with E-state index in [1.54, 1.807) is 11.8 Å². The third-order valence-corrected chi connectivity index (χ3v) is 5.32. The molecule has 1 rings (SSSR count). The van der Waals surface area contributed by atoms with E-state index in [0.29, 0.717) is 5.25 Å². The number of aliphatic carboxylic acids is 1. The molecule has 0 aromatic rings. The number of hydrogen-bond acceptors (Lipinski definition) is 2. The molecule has 0 heterocycles. The Morgan fingerprint density at radius 2 is 1.75 bits per heavy atom. The Morgan fingerprint density at radius 3 is 2.19 bits per heavy atom. The van der Waals surface area contributed by atoms with E-state index in [1.807, 2.05) is 0 Å². The van der Waals surface area contributed by atoms with Crippen LogP contribution in [0.2, 0.25) is 0 Å². The van der Waals surface area contributed by atoms with Crippen LogP contribution in [0.3, 0.4) is 0 Å². The van der Waals surface area contributed by atoms with E-state index in [2.05, 4.69) is 13.8 Å². The maximum absolute atomic E-state index is 11.6. The molecule has 0 aromatic carbocycles. The summed E-state index contributed by atoms with van der Waals surface area (Å²) >= 11 is 1.70. The van der Waals surface area contributed by atoms with Crippen LogP contribution in [0.15, 0.2) is 0 Å². The summed E-state index contributed by atoms with van der Waals surface area (Å²) in [5.41, 5.74) is 0. The van der Waals surface area contributed by atoms with Gasteiger partial charge in [0.25, 0.3) is 0 Å².